The van der Waals surface area contributed by atoms with Crippen molar-refractivity contribution in [2.24, 2.45) is 5.92 Å². The third-order valence-corrected chi connectivity index (χ3v) is 5.07. The van der Waals surface area contributed by atoms with Crippen LogP contribution in [0.3, 0.4) is 0 Å². The highest BCUT2D eigenvalue weighted by Crippen LogP contribution is 2.37. The van der Waals surface area contributed by atoms with Crippen molar-refractivity contribution in [3.8, 4) is 0 Å². The molecule has 0 aliphatic heterocycles. The van der Waals surface area contributed by atoms with E-state index in [0.29, 0.717) is 6.29 Å². The molecule has 0 spiro atoms. The van der Waals surface area contributed by atoms with Gasteiger partial charge in [-0.05, 0) is 61.3 Å². The molecule has 2 heteroatoms. The normalized spacial score (nSPS) is 19.9. The summed E-state index contributed by atoms with van der Waals surface area (Å²) in [5.74, 6) is 1.79. The average molecular weight is 330 g/mol. The zero-order valence-electron chi connectivity index (χ0n) is 15.4. The molecule has 1 aliphatic rings. The lowest BCUT2D eigenvalue weighted by Crippen LogP contribution is -2.13. The molecular weight excluding hydrogens is 294 g/mol. The summed E-state index contributed by atoms with van der Waals surface area (Å²) < 4.78 is 0. The number of hydrogen-bond acceptors (Lipinski definition) is 2. The van der Waals surface area contributed by atoms with Crippen LogP contribution in [-0.4, -0.2) is 6.29 Å². The molecule has 0 radical (unpaired) electrons. The number of carbonyl (C=O) groups is 1. The Morgan fingerprint density at radius 2 is 1.62 bits per heavy atom. The number of benzene rings is 1. The molecule has 134 valence electrons. The molecule has 2 rings (SSSR count). The molecule has 1 aliphatic carbocycles. The molecule has 0 bridgehead atoms. The molecular formula is C22H35NO. The molecule has 0 atom stereocenters. The van der Waals surface area contributed by atoms with Crippen LogP contribution < -0.4 is 5.73 Å². The lowest BCUT2D eigenvalue weighted by Gasteiger charge is -2.29. The Kier molecular flexibility index (Phi) is 10.9. The highest BCUT2D eigenvalue weighted by molar-refractivity contribution is 5.63. The lowest BCUT2D eigenvalue weighted by molar-refractivity contribution is -0.104. The first-order chi connectivity index (χ1) is 11.7. The van der Waals surface area contributed by atoms with Crippen LogP contribution in [0, 0.1) is 5.92 Å². The maximum atomic E-state index is 9.06. The minimum atomic E-state index is 0.639. The van der Waals surface area contributed by atoms with E-state index in [1.807, 2.05) is 0 Å². The van der Waals surface area contributed by atoms with Crippen LogP contribution in [0.4, 0.5) is 5.69 Å². The molecule has 0 heterocycles. The summed E-state index contributed by atoms with van der Waals surface area (Å²) in [7, 11) is 0. The van der Waals surface area contributed by atoms with Gasteiger partial charge in [-0.1, -0.05) is 64.2 Å². The van der Waals surface area contributed by atoms with Crippen LogP contribution in [0.15, 0.2) is 36.9 Å². The fraction of sp³-hybridized carbons (Fsp3) is 0.591. The first kappa shape index (κ1) is 20.5. The van der Waals surface area contributed by atoms with Gasteiger partial charge < -0.3 is 5.73 Å². The van der Waals surface area contributed by atoms with E-state index >= 15 is 0 Å². The molecule has 1 aromatic carbocycles. The summed E-state index contributed by atoms with van der Waals surface area (Å²) in [5.41, 5.74) is 8.15. The van der Waals surface area contributed by atoms with Crippen LogP contribution in [0.2, 0.25) is 0 Å². The number of carbonyl (C=O) groups excluding carboxylic acids is 1. The number of nitrogens with two attached hydrogens (primary N) is 1. The lowest BCUT2D eigenvalue weighted by atomic mass is 9.77. The Morgan fingerprint density at radius 3 is 2.17 bits per heavy atom. The number of allylic oxidation sites excluding steroid dienone is 1. The predicted octanol–water partition coefficient (Wildman–Crippen LogP) is 6.27. The molecule has 2 N–H and O–H groups in total. The third-order valence-electron chi connectivity index (χ3n) is 5.07. The SMILES string of the molecule is C=CC=O.CCCCCCCC1CCC(c2ccc(N)cc2)CC1. The standard InChI is InChI=1S/C19H31N.C3H4O/c1-2-3-4-5-6-7-16-8-10-17(11-9-16)18-12-14-19(20)15-13-18;1-2-3-4/h12-17H,2-11,20H2,1H3;2-3H,1H2. The summed E-state index contributed by atoms with van der Waals surface area (Å²) in [5, 5.41) is 0. The Morgan fingerprint density at radius 1 is 1.04 bits per heavy atom. The van der Waals surface area contributed by atoms with Crippen molar-refractivity contribution in [2.45, 2.75) is 77.0 Å². The van der Waals surface area contributed by atoms with E-state index in [4.69, 9.17) is 10.5 Å². The monoisotopic (exact) mass is 329 g/mol. The summed E-state index contributed by atoms with van der Waals surface area (Å²) in [4.78, 5) is 9.06. The van der Waals surface area contributed by atoms with Gasteiger partial charge in [0.05, 0.1) is 0 Å². The topological polar surface area (TPSA) is 43.1 Å². The number of rotatable bonds is 8. The van der Waals surface area contributed by atoms with Crippen molar-refractivity contribution in [1.29, 1.82) is 0 Å². The van der Waals surface area contributed by atoms with Crippen molar-refractivity contribution in [3.63, 3.8) is 0 Å². The van der Waals surface area contributed by atoms with Crippen molar-refractivity contribution in [3.05, 3.63) is 42.5 Å². The minimum Gasteiger partial charge on any atom is -0.399 e. The van der Waals surface area contributed by atoms with E-state index in [0.717, 1.165) is 17.5 Å². The van der Waals surface area contributed by atoms with E-state index in [1.54, 1.807) is 0 Å². The van der Waals surface area contributed by atoms with Gasteiger partial charge in [0.2, 0.25) is 0 Å². The second-order valence-corrected chi connectivity index (χ2v) is 6.96. The summed E-state index contributed by atoms with van der Waals surface area (Å²) in [6.07, 6.45) is 16.0. The van der Waals surface area contributed by atoms with Gasteiger partial charge in [-0.25, -0.2) is 0 Å². The maximum absolute atomic E-state index is 9.06. The van der Waals surface area contributed by atoms with Gasteiger partial charge in [-0.15, -0.1) is 0 Å². The highest BCUT2D eigenvalue weighted by Gasteiger charge is 2.21. The van der Waals surface area contributed by atoms with Crippen LogP contribution in [0.25, 0.3) is 0 Å². The number of aldehydes is 1. The van der Waals surface area contributed by atoms with Crippen LogP contribution >= 0.6 is 0 Å². The molecule has 0 aromatic heterocycles. The predicted molar refractivity (Wildman–Crippen MR) is 105 cm³/mol. The Hall–Kier alpha value is -1.57. The smallest absolute Gasteiger partial charge is 0.142 e. The van der Waals surface area contributed by atoms with E-state index in [1.165, 1.54) is 75.8 Å². The zero-order valence-corrected chi connectivity index (χ0v) is 15.4. The molecule has 1 saturated carbocycles. The van der Waals surface area contributed by atoms with E-state index < -0.39 is 0 Å². The summed E-state index contributed by atoms with van der Waals surface area (Å²) >= 11 is 0. The fourth-order valence-electron chi connectivity index (χ4n) is 3.59. The number of anilines is 1. The molecule has 24 heavy (non-hydrogen) atoms. The molecule has 1 fully saturated rings. The van der Waals surface area contributed by atoms with E-state index in [9.17, 15) is 0 Å². The first-order valence-electron chi connectivity index (χ1n) is 9.62. The van der Waals surface area contributed by atoms with Gasteiger partial charge in [-0.2, -0.15) is 0 Å². The molecule has 1 aromatic rings. The van der Waals surface area contributed by atoms with Gasteiger partial charge in [0.15, 0.2) is 0 Å². The minimum absolute atomic E-state index is 0.639. The largest absolute Gasteiger partial charge is 0.399 e. The second kappa shape index (κ2) is 12.8. The Balaban J connectivity index is 0.000000648. The molecule has 2 nitrogen and oxygen atoms in total. The Labute approximate surface area is 148 Å². The van der Waals surface area contributed by atoms with Crippen molar-refractivity contribution >= 4 is 12.0 Å². The number of nitrogen functional groups attached to an aromatic ring is 1. The molecule has 0 saturated heterocycles. The number of hydrogen-bond donors (Lipinski definition) is 1. The van der Waals surface area contributed by atoms with Crippen molar-refractivity contribution in [1.82, 2.24) is 0 Å². The van der Waals surface area contributed by atoms with Gasteiger partial charge >= 0.3 is 0 Å². The molecule has 0 amide bonds. The third kappa shape index (κ3) is 8.33. The van der Waals surface area contributed by atoms with E-state index in [-0.39, 0.29) is 0 Å². The van der Waals surface area contributed by atoms with Gasteiger partial charge in [0.1, 0.15) is 6.29 Å². The Bertz CT molecular complexity index is 438. The first-order valence-corrected chi connectivity index (χ1v) is 9.62. The van der Waals surface area contributed by atoms with Gasteiger partial charge in [0.25, 0.3) is 0 Å². The van der Waals surface area contributed by atoms with Crippen molar-refractivity contribution < 1.29 is 4.79 Å². The van der Waals surface area contributed by atoms with Gasteiger partial charge in [0, 0.05) is 5.69 Å². The highest BCUT2D eigenvalue weighted by atomic mass is 16.1. The summed E-state index contributed by atoms with van der Waals surface area (Å²) in [6, 6.07) is 8.56. The van der Waals surface area contributed by atoms with Crippen LogP contribution in [0.5, 0.6) is 0 Å². The molecule has 0 unspecified atom stereocenters. The van der Waals surface area contributed by atoms with Crippen LogP contribution in [0.1, 0.15) is 82.6 Å². The fourth-order valence-corrected chi connectivity index (χ4v) is 3.59. The summed E-state index contributed by atoms with van der Waals surface area (Å²) in [6.45, 7) is 5.40. The zero-order chi connectivity index (χ0) is 17.6. The quantitative estimate of drug-likeness (QED) is 0.264. The van der Waals surface area contributed by atoms with E-state index in [2.05, 4.69) is 37.8 Å². The second-order valence-electron chi connectivity index (χ2n) is 6.96. The maximum Gasteiger partial charge on any atom is 0.142 e. The average Bonchev–Trinajstić information content (AvgIpc) is 2.63. The van der Waals surface area contributed by atoms with Gasteiger partial charge in [-0.3, -0.25) is 4.79 Å². The van der Waals surface area contributed by atoms with Crippen molar-refractivity contribution in [2.75, 3.05) is 5.73 Å². The van der Waals surface area contributed by atoms with Crippen LogP contribution in [-0.2, 0) is 4.79 Å². The number of unbranched alkanes of at least 4 members (excludes halogenated alkanes) is 4.